The Hall–Kier alpha value is -1.85. The number of pyridine rings is 1. The number of alkyl halides is 2. The van der Waals surface area contributed by atoms with Crippen molar-refractivity contribution in [2.24, 2.45) is 0 Å². The average Bonchev–Trinajstić information content (AvgIpc) is 2.28. The lowest BCUT2D eigenvalue weighted by Crippen LogP contribution is -2.15. The second-order valence-corrected chi connectivity index (χ2v) is 2.96. The minimum absolute atomic E-state index is 0.106. The van der Waals surface area contributed by atoms with Crippen LogP contribution in [0, 0.1) is 0 Å². The van der Waals surface area contributed by atoms with Gasteiger partial charge in [-0.05, 0) is 6.07 Å². The summed E-state index contributed by atoms with van der Waals surface area (Å²) in [5, 5.41) is 0. The molecule has 86 valence electrons. The lowest BCUT2D eigenvalue weighted by Gasteiger charge is -2.01. The first kappa shape index (κ1) is 12.2. The topological polar surface area (TPSA) is 56.3 Å². The number of rotatable bonds is 5. The predicted molar refractivity (Wildman–Crippen MR) is 50.7 cm³/mol. The first-order chi connectivity index (χ1) is 7.54. The van der Waals surface area contributed by atoms with Crippen LogP contribution >= 0.6 is 0 Å². The zero-order valence-corrected chi connectivity index (χ0v) is 8.44. The van der Waals surface area contributed by atoms with Crippen LogP contribution in [0.2, 0.25) is 0 Å². The number of methoxy groups -OCH3 is 1. The Bertz CT molecular complexity index is 390. The number of halogens is 2. The highest BCUT2D eigenvalue weighted by Crippen LogP contribution is 2.10. The van der Waals surface area contributed by atoms with Crippen molar-refractivity contribution in [3.63, 3.8) is 0 Å². The number of Topliss-reactive ketones (excluding diaryl/α,β-unsaturated/α-hetero) is 2. The second-order valence-electron chi connectivity index (χ2n) is 2.96. The highest BCUT2D eigenvalue weighted by molar-refractivity contribution is 6.08. The number of aromatic nitrogens is 1. The second kappa shape index (κ2) is 5.29. The molecule has 0 fully saturated rings. The van der Waals surface area contributed by atoms with Crippen molar-refractivity contribution in [1.82, 2.24) is 4.98 Å². The summed E-state index contributed by atoms with van der Waals surface area (Å²) < 4.78 is 28.5. The molecule has 0 atom stereocenters. The summed E-state index contributed by atoms with van der Waals surface area (Å²) in [5.41, 5.74) is 0.106. The molecule has 4 nitrogen and oxygen atoms in total. The fourth-order valence-electron chi connectivity index (χ4n) is 1.00. The van der Waals surface area contributed by atoms with E-state index in [0.717, 1.165) is 0 Å². The van der Waals surface area contributed by atoms with Gasteiger partial charge in [-0.3, -0.25) is 9.59 Å². The molecule has 0 saturated carbocycles. The summed E-state index contributed by atoms with van der Waals surface area (Å²) in [6.07, 6.45) is -2.75. The van der Waals surface area contributed by atoms with E-state index < -0.39 is 24.4 Å². The minimum Gasteiger partial charge on any atom is -0.481 e. The molecule has 0 aromatic carbocycles. The molecule has 0 spiro atoms. The standard InChI is InChI=1S/C10H9F2NO3/c1-16-9-3-2-6(5-13-9)7(14)4-8(15)10(11)12/h2-3,5,10H,4H2,1H3. The number of hydrogen-bond donors (Lipinski definition) is 0. The van der Waals surface area contributed by atoms with Gasteiger partial charge in [0.15, 0.2) is 5.78 Å². The SMILES string of the molecule is COc1ccc(C(=O)CC(=O)C(F)F)cn1. The molecule has 0 aliphatic carbocycles. The van der Waals surface area contributed by atoms with Crippen LogP contribution < -0.4 is 4.74 Å². The van der Waals surface area contributed by atoms with Crippen LogP contribution in [0.1, 0.15) is 16.8 Å². The molecule has 1 aromatic heterocycles. The third-order valence-electron chi connectivity index (χ3n) is 1.85. The van der Waals surface area contributed by atoms with Crippen molar-refractivity contribution < 1.29 is 23.1 Å². The summed E-state index contributed by atoms with van der Waals surface area (Å²) in [6, 6.07) is 2.78. The van der Waals surface area contributed by atoms with Crippen LogP contribution in [0.3, 0.4) is 0 Å². The molecule has 0 radical (unpaired) electrons. The van der Waals surface area contributed by atoms with Gasteiger partial charge in [-0.2, -0.15) is 0 Å². The molecule has 1 aromatic rings. The van der Waals surface area contributed by atoms with Crippen molar-refractivity contribution in [3.05, 3.63) is 23.9 Å². The number of ether oxygens (including phenoxy) is 1. The van der Waals surface area contributed by atoms with E-state index in [9.17, 15) is 18.4 Å². The van der Waals surface area contributed by atoms with Crippen LogP contribution in [-0.4, -0.2) is 30.1 Å². The van der Waals surface area contributed by atoms with Gasteiger partial charge in [0.25, 0.3) is 6.43 Å². The van der Waals surface area contributed by atoms with Gasteiger partial charge in [-0.1, -0.05) is 0 Å². The maximum absolute atomic E-state index is 11.9. The van der Waals surface area contributed by atoms with E-state index in [1.54, 1.807) is 0 Å². The smallest absolute Gasteiger partial charge is 0.296 e. The van der Waals surface area contributed by atoms with Crippen molar-refractivity contribution in [2.45, 2.75) is 12.8 Å². The number of ketones is 2. The van der Waals surface area contributed by atoms with Crippen LogP contribution in [0.4, 0.5) is 8.78 Å². The van der Waals surface area contributed by atoms with E-state index in [0.29, 0.717) is 5.88 Å². The van der Waals surface area contributed by atoms with Gasteiger partial charge < -0.3 is 4.74 Å². The van der Waals surface area contributed by atoms with Gasteiger partial charge in [0.1, 0.15) is 0 Å². The van der Waals surface area contributed by atoms with E-state index >= 15 is 0 Å². The van der Waals surface area contributed by atoms with Crippen LogP contribution in [0.15, 0.2) is 18.3 Å². The van der Waals surface area contributed by atoms with E-state index in [1.807, 2.05) is 0 Å². The summed E-state index contributed by atoms with van der Waals surface area (Å²) in [7, 11) is 1.41. The Morgan fingerprint density at radius 1 is 1.44 bits per heavy atom. The van der Waals surface area contributed by atoms with E-state index in [1.165, 1.54) is 25.4 Å². The number of carbonyl (C=O) groups is 2. The minimum atomic E-state index is -3.12. The van der Waals surface area contributed by atoms with Gasteiger partial charge in [0.05, 0.1) is 13.5 Å². The third-order valence-corrected chi connectivity index (χ3v) is 1.85. The number of carbonyl (C=O) groups excluding carboxylic acids is 2. The van der Waals surface area contributed by atoms with Crippen LogP contribution in [0.25, 0.3) is 0 Å². The van der Waals surface area contributed by atoms with Crippen molar-refractivity contribution in [1.29, 1.82) is 0 Å². The zero-order chi connectivity index (χ0) is 12.1. The maximum atomic E-state index is 11.9. The predicted octanol–water partition coefficient (Wildman–Crippen LogP) is 1.50. The highest BCUT2D eigenvalue weighted by atomic mass is 19.3. The lowest BCUT2D eigenvalue weighted by atomic mass is 10.1. The number of nitrogens with zero attached hydrogens (tertiary/aromatic N) is 1. The average molecular weight is 229 g/mol. The molecule has 0 N–H and O–H groups in total. The Morgan fingerprint density at radius 3 is 2.56 bits per heavy atom. The zero-order valence-electron chi connectivity index (χ0n) is 8.44. The monoisotopic (exact) mass is 229 g/mol. The molecule has 0 bridgehead atoms. The quantitative estimate of drug-likeness (QED) is 0.567. The first-order valence-corrected chi connectivity index (χ1v) is 4.38. The fourth-order valence-corrected chi connectivity index (χ4v) is 1.00. The Balaban J connectivity index is 2.70. The molecule has 6 heteroatoms. The number of hydrogen-bond acceptors (Lipinski definition) is 4. The first-order valence-electron chi connectivity index (χ1n) is 4.38. The van der Waals surface area contributed by atoms with Gasteiger partial charge in [-0.15, -0.1) is 0 Å². The van der Waals surface area contributed by atoms with Gasteiger partial charge in [0, 0.05) is 17.8 Å². The molecule has 0 amide bonds. The largest absolute Gasteiger partial charge is 0.481 e. The van der Waals surface area contributed by atoms with Crippen molar-refractivity contribution in [3.8, 4) is 5.88 Å². The van der Waals surface area contributed by atoms with Gasteiger partial charge >= 0.3 is 0 Å². The normalized spacial score (nSPS) is 10.2. The molecule has 0 aliphatic rings. The molecule has 16 heavy (non-hydrogen) atoms. The Kier molecular flexibility index (Phi) is 4.04. The highest BCUT2D eigenvalue weighted by Gasteiger charge is 2.20. The van der Waals surface area contributed by atoms with E-state index in [2.05, 4.69) is 4.98 Å². The summed E-state index contributed by atoms with van der Waals surface area (Å²) in [6.45, 7) is 0. The van der Waals surface area contributed by atoms with Crippen molar-refractivity contribution >= 4 is 11.6 Å². The van der Waals surface area contributed by atoms with Crippen LogP contribution in [-0.2, 0) is 4.79 Å². The molecule has 1 heterocycles. The molecule has 1 rings (SSSR count). The van der Waals surface area contributed by atoms with Crippen LogP contribution in [0.5, 0.6) is 5.88 Å². The fraction of sp³-hybridized carbons (Fsp3) is 0.300. The Morgan fingerprint density at radius 2 is 2.12 bits per heavy atom. The summed E-state index contributed by atoms with van der Waals surface area (Å²) in [4.78, 5) is 25.7. The van der Waals surface area contributed by atoms with Gasteiger partial charge in [0.2, 0.25) is 11.7 Å². The van der Waals surface area contributed by atoms with Gasteiger partial charge in [-0.25, -0.2) is 13.8 Å². The molecule has 0 unspecified atom stereocenters. The summed E-state index contributed by atoms with van der Waals surface area (Å²) in [5.74, 6) is -1.77. The Labute approximate surface area is 90.2 Å². The van der Waals surface area contributed by atoms with E-state index in [-0.39, 0.29) is 5.56 Å². The third kappa shape index (κ3) is 3.08. The van der Waals surface area contributed by atoms with E-state index in [4.69, 9.17) is 4.74 Å². The lowest BCUT2D eigenvalue weighted by molar-refractivity contribution is -0.128. The van der Waals surface area contributed by atoms with Crippen molar-refractivity contribution in [2.75, 3.05) is 7.11 Å². The molecular formula is C10H9F2NO3. The maximum Gasteiger partial charge on any atom is 0.296 e. The molecule has 0 saturated heterocycles. The summed E-state index contributed by atoms with van der Waals surface area (Å²) >= 11 is 0. The molecule has 0 aliphatic heterocycles. The molecular weight excluding hydrogens is 220 g/mol.